The van der Waals surface area contributed by atoms with Gasteiger partial charge in [-0.3, -0.25) is 0 Å². The molecule has 2 aromatic carbocycles. The molecule has 0 aliphatic carbocycles. The molecule has 1 heterocycles. The topological polar surface area (TPSA) is 36.8 Å². The lowest BCUT2D eigenvalue weighted by molar-refractivity contribution is 1.13. The Morgan fingerprint density at radius 3 is 2.10 bits per heavy atom. The number of nitrogens with one attached hydrogen (secondary N) is 1. The average molecular weight is 281 g/mol. The van der Waals surface area contributed by atoms with E-state index >= 15 is 0 Å². The van der Waals surface area contributed by atoms with Crippen LogP contribution in [-0.2, 0) is 0 Å². The van der Waals surface area contributed by atoms with Crippen LogP contribution in [0.5, 0.6) is 0 Å². The lowest BCUT2D eigenvalue weighted by Gasteiger charge is -2.11. The van der Waals surface area contributed by atoms with Gasteiger partial charge in [-0.1, -0.05) is 66.4 Å². The van der Waals surface area contributed by atoms with Crippen molar-refractivity contribution in [2.75, 3.05) is 12.8 Å². The van der Waals surface area contributed by atoms with Crippen molar-refractivity contribution in [1.29, 1.82) is 0 Å². The van der Waals surface area contributed by atoms with Gasteiger partial charge in [0.15, 0.2) is 5.17 Å². The minimum atomic E-state index is 0.852. The Bertz CT molecular complexity index is 645. The van der Waals surface area contributed by atoms with Crippen LogP contribution < -0.4 is 5.32 Å². The fraction of sp³-hybridized carbons (Fsp3) is 0.125. The van der Waals surface area contributed by atoms with Gasteiger partial charge in [0.2, 0.25) is 0 Å². The summed E-state index contributed by atoms with van der Waals surface area (Å²) in [6, 6.07) is 18.9. The Morgan fingerprint density at radius 2 is 1.50 bits per heavy atom. The van der Waals surface area contributed by atoms with E-state index in [1.807, 2.05) is 13.1 Å². The molecule has 100 valence electrons. The zero-order chi connectivity index (χ0) is 13.8. The van der Waals surface area contributed by atoms with Gasteiger partial charge in [0, 0.05) is 12.8 Å². The van der Waals surface area contributed by atoms with Crippen molar-refractivity contribution in [2.45, 2.75) is 0 Å². The molecule has 1 N–H and O–H groups in total. The smallest absolute Gasteiger partial charge is 0.183 e. The number of benzene rings is 2. The van der Waals surface area contributed by atoms with E-state index in [9.17, 15) is 0 Å². The maximum Gasteiger partial charge on any atom is 0.183 e. The van der Waals surface area contributed by atoms with Gasteiger partial charge in [-0.25, -0.2) is 0 Å². The molecule has 3 nitrogen and oxygen atoms in total. The van der Waals surface area contributed by atoms with E-state index in [0.29, 0.717) is 0 Å². The second kappa shape index (κ2) is 5.92. The van der Waals surface area contributed by atoms with Gasteiger partial charge in [0.1, 0.15) is 0 Å². The first-order valence-electron chi connectivity index (χ1n) is 6.48. The van der Waals surface area contributed by atoms with E-state index in [2.05, 4.69) is 64.1 Å². The zero-order valence-corrected chi connectivity index (χ0v) is 12.0. The van der Waals surface area contributed by atoms with E-state index in [1.54, 1.807) is 11.8 Å². The first kappa shape index (κ1) is 12.9. The van der Waals surface area contributed by atoms with Crippen LogP contribution in [0.2, 0.25) is 0 Å². The second-order valence-corrected chi connectivity index (χ2v) is 5.40. The molecule has 4 heteroatoms. The largest absolute Gasteiger partial charge is 0.366 e. The van der Waals surface area contributed by atoms with Gasteiger partial charge in [-0.2, -0.15) is 5.10 Å². The fourth-order valence-corrected chi connectivity index (χ4v) is 2.79. The van der Waals surface area contributed by atoms with Gasteiger partial charge in [0.05, 0.1) is 5.71 Å². The summed E-state index contributed by atoms with van der Waals surface area (Å²) in [6.07, 6.45) is 0. The normalized spacial score (nSPS) is 14.4. The highest BCUT2D eigenvalue weighted by Gasteiger charge is 2.11. The fourth-order valence-electron chi connectivity index (χ4n) is 2.05. The van der Waals surface area contributed by atoms with Crippen LogP contribution in [0.25, 0.3) is 11.1 Å². The van der Waals surface area contributed by atoms with Crippen LogP contribution in [0.3, 0.4) is 0 Å². The number of rotatable bonds is 2. The third kappa shape index (κ3) is 2.75. The predicted molar refractivity (Wildman–Crippen MR) is 87.4 cm³/mol. The quantitative estimate of drug-likeness (QED) is 0.916. The van der Waals surface area contributed by atoms with E-state index in [4.69, 9.17) is 0 Å². The summed E-state index contributed by atoms with van der Waals surface area (Å²) in [4.78, 5) is 0. The Balaban J connectivity index is 1.84. The van der Waals surface area contributed by atoms with Crippen molar-refractivity contribution in [3.8, 4) is 11.1 Å². The summed E-state index contributed by atoms with van der Waals surface area (Å²) in [5, 5.41) is 12.3. The Morgan fingerprint density at radius 1 is 0.850 bits per heavy atom. The van der Waals surface area contributed by atoms with Crippen molar-refractivity contribution in [2.24, 2.45) is 10.2 Å². The average Bonchev–Trinajstić information content (AvgIpc) is 2.56. The van der Waals surface area contributed by atoms with Gasteiger partial charge < -0.3 is 5.32 Å². The lowest BCUT2D eigenvalue weighted by atomic mass is 10.0. The van der Waals surface area contributed by atoms with Crippen LogP contribution in [0, 0.1) is 0 Å². The number of nitrogens with zero attached hydrogens (tertiary/aromatic N) is 2. The van der Waals surface area contributed by atoms with Crippen LogP contribution in [0.1, 0.15) is 5.56 Å². The summed E-state index contributed by atoms with van der Waals surface area (Å²) in [5.41, 5.74) is 4.61. The number of hydrogen-bond donors (Lipinski definition) is 1. The van der Waals surface area contributed by atoms with E-state index in [-0.39, 0.29) is 0 Å². The molecule has 1 aliphatic heterocycles. The first-order chi connectivity index (χ1) is 9.86. The zero-order valence-electron chi connectivity index (χ0n) is 11.2. The third-order valence-corrected chi connectivity index (χ3v) is 4.12. The molecule has 1 aliphatic rings. The summed E-state index contributed by atoms with van der Waals surface area (Å²) < 4.78 is 0. The molecule has 0 atom stereocenters. The highest BCUT2D eigenvalue weighted by Crippen LogP contribution is 2.21. The van der Waals surface area contributed by atoms with Gasteiger partial charge in [0.25, 0.3) is 0 Å². The van der Waals surface area contributed by atoms with E-state index in [0.717, 1.165) is 22.2 Å². The van der Waals surface area contributed by atoms with Crippen molar-refractivity contribution >= 4 is 22.6 Å². The van der Waals surface area contributed by atoms with Gasteiger partial charge in [-0.05, 0) is 16.7 Å². The Labute approximate surface area is 122 Å². The maximum atomic E-state index is 4.28. The SMILES string of the molecule is CNC1=NN=C(c2ccc(-c3ccccc3)cc2)CS1. The summed E-state index contributed by atoms with van der Waals surface area (Å²) in [5.74, 6) is 0.852. The van der Waals surface area contributed by atoms with E-state index in [1.165, 1.54) is 11.1 Å². The highest BCUT2D eigenvalue weighted by molar-refractivity contribution is 8.14. The first-order valence-corrected chi connectivity index (χ1v) is 7.46. The molecule has 0 fully saturated rings. The molecule has 0 amide bonds. The van der Waals surface area contributed by atoms with E-state index < -0.39 is 0 Å². The Kier molecular flexibility index (Phi) is 3.83. The second-order valence-electron chi connectivity index (χ2n) is 4.43. The molecule has 0 aromatic heterocycles. The Hall–Kier alpha value is -2.07. The van der Waals surface area contributed by atoms with Crippen LogP contribution in [-0.4, -0.2) is 23.7 Å². The molecular formula is C16H15N3S. The monoisotopic (exact) mass is 281 g/mol. The van der Waals surface area contributed by atoms with Gasteiger partial charge >= 0.3 is 0 Å². The molecule has 3 rings (SSSR count). The van der Waals surface area contributed by atoms with Gasteiger partial charge in [-0.15, -0.1) is 5.10 Å². The van der Waals surface area contributed by atoms with Crippen LogP contribution >= 0.6 is 11.8 Å². The molecular weight excluding hydrogens is 266 g/mol. The molecule has 0 bridgehead atoms. The van der Waals surface area contributed by atoms with Crippen molar-refractivity contribution < 1.29 is 0 Å². The molecule has 0 saturated carbocycles. The highest BCUT2D eigenvalue weighted by atomic mass is 32.2. The van der Waals surface area contributed by atoms with Crippen LogP contribution in [0.4, 0.5) is 0 Å². The summed E-state index contributed by atoms with van der Waals surface area (Å²) >= 11 is 1.67. The van der Waals surface area contributed by atoms with Crippen LogP contribution in [0.15, 0.2) is 64.8 Å². The summed E-state index contributed by atoms with van der Waals surface area (Å²) in [6.45, 7) is 0. The number of amidine groups is 1. The van der Waals surface area contributed by atoms with Crippen molar-refractivity contribution in [3.05, 3.63) is 60.2 Å². The molecule has 0 spiro atoms. The molecule has 20 heavy (non-hydrogen) atoms. The van der Waals surface area contributed by atoms with Crippen molar-refractivity contribution in [1.82, 2.24) is 5.32 Å². The minimum Gasteiger partial charge on any atom is -0.366 e. The minimum absolute atomic E-state index is 0.852. The number of hydrogen-bond acceptors (Lipinski definition) is 4. The molecule has 0 saturated heterocycles. The molecule has 0 radical (unpaired) electrons. The maximum absolute atomic E-state index is 4.28. The number of thioether (sulfide) groups is 1. The molecule has 0 unspecified atom stereocenters. The lowest BCUT2D eigenvalue weighted by Crippen LogP contribution is -2.20. The predicted octanol–water partition coefficient (Wildman–Crippen LogP) is 3.38. The van der Waals surface area contributed by atoms with Crippen molar-refractivity contribution in [3.63, 3.8) is 0 Å². The third-order valence-electron chi connectivity index (χ3n) is 3.15. The molecule has 2 aromatic rings. The standard InChI is InChI=1S/C16H15N3S/c1-17-16-19-18-15(11-20-16)14-9-7-13(8-10-14)12-5-3-2-4-6-12/h2-10H,11H2,1H3,(H,17,19). The summed E-state index contributed by atoms with van der Waals surface area (Å²) in [7, 11) is 1.86.